The van der Waals surface area contributed by atoms with E-state index in [9.17, 15) is 34.0 Å². The van der Waals surface area contributed by atoms with Crippen molar-refractivity contribution < 1.29 is 47.6 Å². The van der Waals surface area contributed by atoms with E-state index in [4.69, 9.17) is 14.3 Å². The van der Waals surface area contributed by atoms with Crippen LogP contribution in [0.5, 0.6) is 0 Å². The summed E-state index contributed by atoms with van der Waals surface area (Å²) in [6.45, 7) is -0.950. The number of nitrogens with zero attached hydrogens (tertiary/aromatic N) is 3. The molecule has 2 aromatic heterocycles. The van der Waals surface area contributed by atoms with Crippen molar-refractivity contribution in [3.8, 4) is 0 Å². The molecule has 15 heteroatoms. The molecule has 1 fully saturated rings. The molecule has 15 nitrogen and oxygen atoms in total. The normalized spacial score (nSPS) is 17.2. The number of quaternary nitrogens is 1. The molecular weight excluding hydrogens is 602 g/mol. The fourth-order valence-corrected chi connectivity index (χ4v) is 4.74. The van der Waals surface area contributed by atoms with Gasteiger partial charge < -0.3 is 24.5 Å². The van der Waals surface area contributed by atoms with Gasteiger partial charge in [-0.3, -0.25) is 9.59 Å². The number of H-pyrrole nitrogens is 1. The van der Waals surface area contributed by atoms with Crippen molar-refractivity contribution in [2.45, 2.75) is 19.3 Å². The molecule has 5 rings (SSSR count). The van der Waals surface area contributed by atoms with E-state index in [0.717, 1.165) is 18.5 Å². The average Bonchev–Trinajstić information content (AvgIpc) is 3.34. The summed E-state index contributed by atoms with van der Waals surface area (Å²) >= 11 is 0. The van der Waals surface area contributed by atoms with Gasteiger partial charge in [0.15, 0.2) is 11.6 Å². The number of hydrogen-bond acceptors (Lipinski definition) is 10. The van der Waals surface area contributed by atoms with Crippen molar-refractivity contribution in [2.24, 2.45) is 0 Å². The quantitative estimate of drug-likeness (QED) is 0.0868. The first kappa shape index (κ1) is 31.1. The van der Waals surface area contributed by atoms with E-state index in [1.54, 1.807) is 60.7 Å². The number of esters is 1. The first-order chi connectivity index (χ1) is 22.2. The molecule has 3 heterocycles. The Morgan fingerprint density at radius 2 is 1.57 bits per heavy atom. The molecule has 1 aliphatic heterocycles. The predicted molar refractivity (Wildman–Crippen MR) is 154 cm³/mol. The predicted octanol–water partition coefficient (Wildman–Crippen LogP) is 2.43. The average molecular weight is 629 g/mol. The van der Waals surface area contributed by atoms with E-state index in [-0.39, 0.29) is 30.9 Å². The van der Waals surface area contributed by atoms with Crippen LogP contribution in [0.3, 0.4) is 0 Å². The minimum atomic E-state index is -1.58. The van der Waals surface area contributed by atoms with E-state index < -0.39 is 52.4 Å². The van der Waals surface area contributed by atoms with Gasteiger partial charge in [0.1, 0.15) is 31.0 Å². The van der Waals surface area contributed by atoms with Gasteiger partial charge in [-0.15, -0.1) is 5.06 Å². The summed E-state index contributed by atoms with van der Waals surface area (Å²) in [5.41, 5.74) is 1.58. The summed E-state index contributed by atoms with van der Waals surface area (Å²) in [5.74, 6) is -2.19. The molecule has 4 aromatic rings. The van der Waals surface area contributed by atoms with Gasteiger partial charge in [0.05, 0.1) is 0 Å². The molecule has 0 bridgehead atoms. The Morgan fingerprint density at radius 1 is 0.935 bits per heavy atom. The van der Waals surface area contributed by atoms with Crippen LogP contribution >= 0.6 is 0 Å². The largest absolute Gasteiger partial charge is 0.618 e. The third-order valence-electron chi connectivity index (χ3n) is 7.02. The van der Waals surface area contributed by atoms with Crippen LogP contribution in [0, 0.1) is 5.21 Å². The second-order valence-electron chi connectivity index (χ2n) is 9.89. The Labute approximate surface area is 260 Å². The van der Waals surface area contributed by atoms with E-state index >= 15 is 0 Å². The van der Waals surface area contributed by atoms with Crippen molar-refractivity contribution in [3.63, 3.8) is 0 Å². The summed E-state index contributed by atoms with van der Waals surface area (Å²) in [4.78, 5) is 85.1. The lowest BCUT2D eigenvalue weighted by Gasteiger charge is -2.28. The van der Waals surface area contributed by atoms with Crippen molar-refractivity contribution in [1.29, 1.82) is 0 Å². The van der Waals surface area contributed by atoms with Crippen LogP contribution in [-0.4, -0.2) is 51.7 Å². The number of ether oxygens (including phenoxy) is 2. The third-order valence-corrected chi connectivity index (χ3v) is 7.02. The number of amides is 4. The van der Waals surface area contributed by atoms with Crippen LogP contribution in [0.2, 0.25) is 0 Å². The molecule has 2 N–H and O–H groups in total. The van der Waals surface area contributed by atoms with Crippen molar-refractivity contribution >= 4 is 30.5 Å². The molecule has 46 heavy (non-hydrogen) atoms. The van der Waals surface area contributed by atoms with E-state index in [2.05, 4.69) is 10.4 Å². The Kier molecular flexibility index (Phi) is 9.14. The highest BCUT2D eigenvalue weighted by atomic mass is 16.7. The molecule has 1 aliphatic rings. The highest BCUT2D eigenvalue weighted by Gasteiger charge is 2.67. The van der Waals surface area contributed by atoms with Crippen LogP contribution in [0.25, 0.3) is 0 Å². The molecule has 0 radical (unpaired) electrons. The first-order valence-electron chi connectivity index (χ1n) is 13.7. The number of rotatable bonds is 10. The van der Waals surface area contributed by atoms with Gasteiger partial charge >= 0.3 is 24.1 Å². The monoisotopic (exact) mass is 628 g/mol. The zero-order valence-electron chi connectivity index (χ0n) is 23.9. The number of hydrogen-bond donors (Lipinski definition) is 2. The molecule has 0 saturated carbocycles. The van der Waals surface area contributed by atoms with Crippen LogP contribution in [0.4, 0.5) is 9.59 Å². The number of aromatic amines is 1. The fraction of sp³-hybridized carbons (Fsp3) is 0.129. The van der Waals surface area contributed by atoms with Gasteiger partial charge in [-0.1, -0.05) is 60.7 Å². The number of carbonyl (C=O) groups excluding carboxylic acids is 5. The second kappa shape index (κ2) is 13.5. The van der Waals surface area contributed by atoms with Crippen molar-refractivity contribution in [2.75, 3.05) is 6.54 Å². The van der Waals surface area contributed by atoms with Gasteiger partial charge in [-0.25, -0.2) is 14.4 Å². The Bertz CT molecular complexity index is 1830. The third kappa shape index (κ3) is 6.29. The lowest BCUT2D eigenvalue weighted by atomic mass is 10.1. The smallest absolute Gasteiger partial charge is 0.552 e. The van der Waals surface area contributed by atoms with E-state index in [1.165, 1.54) is 18.2 Å². The number of benzene rings is 2. The highest BCUT2D eigenvalue weighted by Crippen LogP contribution is 2.36. The number of hydroxylamine groups is 2. The standard InChI is InChI=1S/C31H25N5O10/c37-20-33-36(31(42)45-19-22-11-5-2-6-12-22)26(25-13-7-8-14-34(25)43)17-35(30(36)41)46-29(40)24-15-27(38)23(16-32-24)28(39)44-18-21-9-3-1-4-10-21/h1-16,20,26H,17-19H2,(H-,32,33,37,38,39)/p+1. The van der Waals surface area contributed by atoms with Gasteiger partial charge in [-0.2, -0.15) is 15.0 Å². The molecule has 2 unspecified atom stereocenters. The topological polar surface area (TPSA) is 188 Å². The Hall–Kier alpha value is -6.35. The molecular formula is C31H26N5O10+. The highest BCUT2D eigenvalue weighted by molar-refractivity contribution is 5.92. The Morgan fingerprint density at radius 3 is 2.17 bits per heavy atom. The van der Waals surface area contributed by atoms with Gasteiger partial charge in [-0.05, 0) is 21.8 Å². The number of aromatic nitrogens is 2. The fourth-order valence-electron chi connectivity index (χ4n) is 4.74. The number of pyridine rings is 2. The van der Waals surface area contributed by atoms with Crippen LogP contribution < -0.4 is 15.6 Å². The second-order valence-corrected chi connectivity index (χ2v) is 9.89. The summed E-state index contributed by atoms with van der Waals surface area (Å²) in [6.07, 6.45) is 0.891. The number of imide groups is 1. The maximum Gasteiger partial charge on any atom is 0.552 e. The minimum absolute atomic E-state index is 0.0746. The molecule has 2 aromatic carbocycles. The van der Waals surface area contributed by atoms with Crippen LogP contribution in [0.1, 0.15) is 43.7 Å². The molecule has 0 spiro atoms. The van der Waals surface area contributed by atoms with Crippen molar-refractivity contribution in [1.82, 2.24) is 15.5 Å². The summed E-state index contributed by atoms with van der Waals surface area (Å²) in [7, 11) is 0. The molecule has 2 atom stereocenters. The molecule has 4 amide bonds. The first-order valence-corrected chi connectivity index (χ1v) is 13.7. The minimum Gasteiger partial charge on any atom is -0.618 e. The zero-order valence-corrected chi connectivity index (χ0v) is 23.9. The SMILES string of the molecule is O=CN[N+]1(C(=O)OCc2ccccc2)C(=O)N(OC(=O)c2cc(=O)c(C(=O)OCc3ccccc3)c[nH]2)CC1c1cccc[n+]1[O-]. The van der Waals surface area contributed by atoms with E-state index in [0.29, 0.717) is 20.9 Å². The van der Waals surface area contributed by atoms with Crippen LogP contribution in [-0.2, 0) is 32.3 Å². The van der Waals surface area contributed by atoms with Crippen molar-refractivity contribution in [3.05, 3.63) is 141 Å². The van der Waals surface area contributed by atoms with E-state index in [1.807, 2.05) is 0 Å². The van der Waals surface area contributed by atoms with Gasteiger partial charge in [0.25, 0.3) is 12.1 Å². The summed E-state index contributed by atoms with van der Waals surface area (Å²) < 4.78 is 9.35. The zero-order chi connectivity index (χ0) is 32.7. The Balaban J connectivity index is 1.38. The van der Waals surface area contributed by atoms with Gasteiger partial charge in [0.2, 0.25) is 6.04 Å². The maximum absolute atomic E-state index is 13.8. The summed E-state index contributed by atoms with van der Waals surface area (Å²) in [5, 5.41) is 13.2. The van der Waals surface area contributed by atoms with Crippen LogP contribution in [0.15, 0.2) is 102 Å². The number of carbonyl (C=O) groups is 5. The molecule has 0 aliphatic carbocycles. The van der Waals surface area contributed by atoms with Gasteiger partial charge in [0, 0.05) is 24.4 Å². The molecule has 1 saturated heterocycles. The number of nitrogens with one attached hydrogen (secondary N) is 2. The lowest BCUT2D eigenvalue weighted by Crippen LogP contribution is -2.65. The number of urea groups is 1. The molecule has 234 valence electrons. The summed E-state index contributed by atoms with van der Waals surface area (Å²) in [6, 6.07) is 19.6. The lowest BCUT2D eigenvalue weighted by molar-refractivity contribution is -0.847. The maximum atomic E-state index is 13.8.